The molecule has 5 nitrogen and oxygen atoms in total. The van der Waals surface area contributed by atoms with Crippen LogP contribution in [-0.2, 0) is 28.5 Å². The smallest absolute Gasteiger partial charge is 0.243 e. The predicted octanol–water partition coefficient (Wildman–Crippen LogP) is 3.10. The highest BCUT2D eigenvalue weighted by atomic mass is 32.2. The summed E-state index contributed by atoms with van der Waals surface area (Å²) in [5.41, 5.74) is 4.59. The molecule has 28 heavy (non-hydrogen) atoms. The second kappa shape index (κ2) is 7.17. The molecule has 2 aliphatic heterocycles. The first-order valence-electron chi connectivity index (χ1n) is 9.94. The number of anilines is 1. The molecular formula is C22H29N3O2S. The van der Waals surface area contributed by atoms with Gasteiger partial charge in [-0.05, 0) is 40.3 Å². The van der Waals surface area contributed by atoms with Crippen LogP contribution in [0, 0.1) is 0 Å². The van der Waals surface area contributed by atoms with Crippen LogP contribution in [0.25, 0.3) is 0 Å². The molecule has 2 aromatic carbocycles. The first-order chi connectivity index (χ1) is 13.3. The van der Waals surface area contributed by atoms with Gasteiger partial charge in [-0.1, -0.05) is 45.0 Å². The molecule has 1 saturated heterocycles. The second-order valence-corrected chi connectivity index (χ2v) is 10.6. The summed E-state index contributed by atoms with van der Waals surface area (Å²) in [6.07, 6.45) is 0. The molecule has 2 heterocycles. The first-order valence-corrected chi connectivity index (χ1v) is 11.4. The van der Waals surface area contributed by atoms with E-state index in [1.165, 1.54) is 5.69 Å². The monoisotopic (exact) mass is 399 g/mol. The van der Waals surface area contributed by atoms with Crippen LogP contribution >= 0.6 is 0 Å². The molecule has 2 aliphatic rings. The fourth-order valence-electron chi connectivity index (χ4n) is 4.02. The minimum atomic E-state index is -3.51. The van der Waals surface area contributed by atoms with Crippen molar-refractivity contribution in [1.82, 2.24) is 9.62 Å². The molecule has 4 rings (SSSR count). The van der Waals surface area contributed by atoms with E-state index in [9.17, 15) is 8.42 Å². The van der Waals surface area contributed by atoms with Crippen molar-refractivity contribution in [1.29, 1.82) is 0 Å². The average Bonchev–Trinajstić information content (AvgIpc) is 3.13. The summed E-state index contributed by atoms with van der Waals surface area (Å²) in [5.74, 6) is 0. The molecule has 1 fully saturated rings. The molecule has 6 heteroatoms. The summed E-state index contributed by atoms with van der Waals surface area (Å²) < 4.78 is 28.1. The SMILES string of the molecule is CC(C)(C)c1ccc(S(=O)(=O)N2Cc3cccc(N4CCNCC4)c3C2)cc1. The zero-order valence-electron chi connectivity index (χ0n) is 16.9. The topological polar surface area (TPSA) is 52.7 Å². The van der Waals surface area contributed by atoms with Crippen molar-refractivity contribution in [3.8, 4) is 0 Å². The highest BCUT2D eigenvalue weighted by Crippen LogP contribution is 2.35. The van der Waals surface area contributed by atoms with E-state index in [-0.39, 0.29) is 5.41 Å². The zero-order chi connectivity index (χ0) is 19.9. The lowest BCUT2D eigenvalue weighted by atomic mass is 9.87. The molecule has 0 aromatic heterocycles. The number of nitrogens with one attached hydrogen (secondary N) is 1. The molecule has 0 aliphatic carbocycles. The standard InChI is InChI=1S/C22H29N3O2S/c1-22(2,3)18-7-9-19(10-8-18)28(26,27)25-15-17-5-4-6-21(20(17)16-25)24-13-11-23-12-14-24/h4-10,23H,11-16H2,1-3H3. The fourth-order valence-corrected chi connectivity index (χ4v) is 5.41. The van der Waals surface area contributed by atoms with E-state index in [4.69, 9.17) is 0 Å². The molecule has 0 spiro atoms. The maximum atomic E-state index is 13.3. The zero-order valence-corrected chi connectivity index (χ0v) is 17.7. The number of sulfonamides is 1. The third-order valence-electron chi connectivity index (χ3n) is 5.75. The van der Waals surface area contributed by atoms with Gasteiger partial charge in [0.05, 0.1) is 4.90 Å². The molecule has 0 bridgehead atoms. The van der Waals surface area contributed by atoms with E-state index >= 15 is 0 Å². The number of benzene rings is 2. The highest BCUT2D eigenvalue weighted by molar-refractivity contribution is 7.89. The number of piperazine rings is 1. The van der Waals surface area contributed by atoms with Crippen LogP contribution in [0.15, 0.2) is 47.4 Å². The van der Waals surface area contributed by atoms with Crippen LogP contribution in [0.2, 0.25) is 0 Å². The number of hydrogen-bond acceptors (Lipinski definition) is 4. The minimum absolute atomic E-state index is 0.00434. The van der Waals surface area contributed by atoms with Crippen molar-refractivity contribution in [2.24, 2.45) is 0 Å². The van der Waals surface area contributed by atoms with Crippen molar-refractivity contribution < 1.29 is 8.42 Å². The Morgan fingerprint density at radius 3 is 2.25 bits per heavy atom. The summed E-state index contributed by atoms with van der Waals surface area (Å²) >= 11 is 0. The molecule has 2 aromatic rings. The number of nitrogens with zero attached hydrogens (tertiary/aromatic N) is 2. The van der Waals surface area contributed by atoms with E-state index < -0.39 is 10.0 Å². The van der Waals surface area contributed by atoms with Crippen molar-refractivity contribution in [3.63, 3.8) is 0 Å². The Labute approximate surface area is 168 Å². The summed E-state index contributed by atoms with van der Waals surface area (Å²) in [4.78, 5) is 2.74. The van der Waals surface area contributed by atoms with Crippen LogP contribution < -0.4 is 10.2 Å². The first kappa shape index (κ1) is 19.4. The summed E-state index contributed by atoms with van der Waals surface area (Å²) in [6.45, 7) is 11.1. The number of rotatable bonds is 3. The third kappa shape index (κ3) is 3.56. The molecule has 0 saturated carbocycles. The van der Waals surface area contributed by atoms with Gasteiger partial charge in [0.15, 0.2) is 0 Å². The maximum absolute atomic E-state index is 13.3. The van der Waals surface area contributed by atoms with E-state index in [0.717, 1.165) is 42.9 Å². The maximum Gasteiger partial charge on any atom is 0.243 e. The van der Waals surface area contributed by atoms with Gasteiger partial charge in [0.25, 0.3) is 0 Å². The van der Waals surface area contributed by atoms with E-state index in [0.29, 0.717) is 18.0 Å². The van der Waals surface area contributed by atoms with Crippen LogP contribution in [0.3, 0.4) is 0 Å². The lowest BCUT2D eigenvalue weighted by Gasteiger charge is -2.31. The Hall–Kier alpha value is -1.89. The minimum Gasteiger partial charge on any atom is -0.369 e. The Bertz CT molecular complexity index is 956. The van der Waals surface area contributed by atoms with E-state index in [1.54, 1.807) is 16.4 Å². The molecule has 0 unspecified atom stereocenters. The third-order valence-corrected chi connectivity index (χ3v) is 7.55. The van der Waals surface area contributed by atoms with Gasteiger partial charge in [-0.3, -0.25) is 0 Å². The number of hydrogen-bond donors (Lipinski definition) is 1. The Morgan fingerprint density at radius 1 is 0.929 bits per heavy atom. The van der Waals surface area contributed by atoms with Gasteiger partial charge < -0.3 is 10.2 Å². The fraction of sp³-hybridized carbons (Fsp3) is 0.455. The second-order valence-electron chi connectivity index (χ2n) is 8.70. The Kier molecular flexibility index (Phi) is 4.98. The van der Waals surface area contributed by atoms with Crippen LogP contribution in [0.5, 0.6) is 0 Å². The van der Waals surface area contributed by atoms with Crippen molar-refractivity contribution in [2.45, 2.75) is 44.2 Å². The summed E-state index contributed by atoms with van der Waals surface area (Å²) in [5, 5.41) is 3.37. The highest BCUT2D eigenvalue weighted by Gasteiger charge is 2.33. The molecule has 0 atom stereocenters. The predicted molar refractivity (Wildman–Crippen MR) is 113 cm³/mol. The molecule has 0 radical (unpaired) electrons. The Balaban J connectivity index is 1.60. The van der Waals surface area contributed by atoms with Crippen molar-refractivity contribution in [3.05, 3.63) is 59.2 Å². The van der Waals surface area contributed by atoms with Gasteiger partial charge >= 0.3 is 0 Å². The van der Waals surface area contributed by atoms with Gasteiger partial charge in [-0.2, -0.15) is 4.31 Å². The van der Waals surface area contributed by atoms with Crippen molar-refractivity contribution >= 4 is 15.7 Å². The normalized spacial score (nSPS) is 18.3. The van der Waals surface area contributed by atoms with E-state index in [1.807, 2.05) is 18.2 Å². The summed E-state index contributed by atoms with van der Waals surface area (Å²) in [7, 11) is -3.51. The van der Waals surface area contributed by atoms with Gasteiger partial charge in [0.1, 0.15) is 0 Å². The lowest BCUT2D eigenvalue weighted by Crippen LogP contribution is -2.43. The van der Waals surface area contributed by atoms with Gasteiger partial charge in [-0.25, -0.2) is 8.42 Å². The molecular weight excluding hydrogens is 370 g/mol. The van der Waals surface area contributed by atoms with Crippen LogP contribution in [-0.4, -0.2) is 38.9 Å². The van der Waals surface area contributed by atoms with Gasteiger partial charge in [0.2, 0.25) is 10.0 Å². The average molecular weight is 400 g/mol. The van der Waals surface area contributed by atoms with Crippen LogP contribution in [0.1, 0.15) is 37.5 Å². The van der Waals surface area contributed by atoms with Crippen molar-refractivity contribution in [2.75, 3.05) is 31.1 Å². The lowest BCUT2D eigenvalue weighted by molar-refractivity contribution is 0.431. The van der Waals surface area contributed by atoms with Gasteiger partial charge in [0, 0.05) is 45.0 Å². The molecule has 1 N–H and O–H groups in total. The molecule has 0 amide bonds. The van der Waals surface area contributed by atoms with Crippen LogP contribution in [0.4, 0.5) is 5.69 Å². The van der Waals surface area contributed by atoms with Gasteiger partial charge in [-0.15, -0.1) is 0 Å². The summed E-state index contributed by atoms with van der Waals surface area (Å²) in [6, 6.07) is 13.6. The quantitative estimate of drug-likeness (QED) is 0.862. The number of fused-ring (bicyclic) bond motifs is 1. The van der Waals surface area contributed by atoms with E-state index in [2.05, 4.69) is 43.1 Å². The largest absolute Gasteiger partial charge is 0.369 e. The molecule has 150 valence electrons. The Morgan fingerprint density at radius 2 is 1.61 bits per heavy atom.